The highest BCUT2D eigenvalue weighted by Crippen LogP contribution is 2.27. The van der Waals surface area contributed by atoms with E-state index in [0.29, 0.717) is 13.1 Å². The van der Waals surface area contributed by atoms with Gasteiger partial charge in [-0.15, -0.1) is 24.8 Å². The van der Waals surface area contributed by atoms with Crippen LogP contribution < -0.4 is 10.6 Å². The smallest absolute Gasteiger partial charge is 0.229 e. The summed E-state index contributed by atoms with van der Waals surface area (Å²) < 4.78 is 0. The quantitative estimate of drug-likeness (QED) is 0.819. The first kappa shape index (κ1) is 21.3. The minimum atomic E-state index is 0. The number of halogens is 2. The van der Waals surface area contributed by atoms with Gasteiger partial charge in [-0.3, -0.25) is 14.6 Å². The third kappa shape index (κ3) is 4.88. The van der Waals surface area contributed by atoms with E-state index in [0.717, 1.165) is 35.6 Å². The Hall–Kier alpha value is -1.75. The number of aryl methyl sites for hydroxylation is 2. The van der Waals surface area contributed by atoms with E-state index in [2.05, 4.69) is 43.0 Å². The number of rotatable bonds is 3. The fraction of sp³-hybridized carbons (Fsp3) is 0.316. The van der Waals surface area contributed by atoms with E-state index in [-0.39, 0.29) is 30.7 Å². The van der Waals surface area contributed by atoms with Crippen molar-refractivity contribution in [3.63, 3.8) is 0 Å². The van der Waals surface area contributed by atoms with Crippen molar-refractivity contribution in [2.45, 2.75) is 26.8 Å². The fourth-order valence-electron chi connectivity index (χ4n) is 3.18. The van der Waals surface area contributed by atoms with Crippen LogP contribution in [0.4, 0.5) is 11.4 Å². The zero-order valence-electron chi connectivity index (χ0n) is 14.6. The molecule has 1 aliphatic rings. The maximum atomic E-state index is 12.4. The molecule has 25 heavy (non-hydrogen) atoms. The summed E-state index contributed by atoms with van der Waals surface area (Å²) in [6.07, 6.45) is 0.558. The Morgan fingerprint density at radius 3 is 2.20 bits per heavy atom. The molecule has 6 heteroatoms. The Morgan fingerprint density at radius 1 is 1.00 bits per heavy atom. The van der Waals surface area contributed by atoms with E-state index in [1.807, 2.05) is 23.1 Å². The summed E-state index contributed by atoms with van der Waals surface area (Å²) >= 11 is 0. The van der Waals surface area contributed by atoms with E-state index in [1.165, 1.54) is 5.56 Å². The predicted molar refractivity (Wildman–Crippen MR) is 109 cm³/mol. The van der Waals surface area contributed by atoms with Crippen LogP contribution in [-0.2, 0) is 11.3 Å². The van der Waals surface area contributed by atoms with Gasteiger partial charge in [-0.2, -0.15) is 0 Å². The molecular weight excluding hydrogens is 357 g/mol. The van der Waals surface area contributed by atoms with Gasteiger partial charge in [0.15, 0.2) is 0 Å². The summed E-state index contributed by atoms with van der Waals surface area (Å²) in [6.45, 7) is 6.39. The van der Waals surface area contributed by atoms with Gasteiger partial charge in [-0.1, -0.05) is 30.3 Å². The van der Waals surface area contributed by atoms with E-state index >= 15 is 0 Å². The topological polar surface area (TPSA) is 49.6 Å². The molecule has 1 saturated heterocycles. The molecule has 2 N–H and O–H groups in total. The Morgan fingerprint density at radius 2 is 1.60 bits per heavy atom. The highest BCUT2D eigenvalue weighted by atomic mass is 35.5. The third-order valence-corrected chi connectivity index (χ3v) is 4.38. The van der Waals surface area contributed by atoms with Gasteiger partial charge in [0.2, 0.25) is 5.91 Å². The molecule has 0 spiro atoms. The van der Waals surface area contributed by atoms with Crippen LogP contribution in [0.25, 0.3) is 0 Å². The average molecular weight is 382 g/mol. The molecule has 0 aromatic heterocycles. The SMILES string of the molecule is Cc1cccc(C)c1N1CN(Cc2ccc(N)cc2)CCC1=O.Cl.Cl. The maximum absolute atomic E-state index is 12.4. The lowest BCUT2D eigenvalue weighted by molar-refractivity contribution is -0.121. The molecule has 0 radical (unpaired) electrons. The predicted octanol–water partition coefficient (Wildman–Crippen LogP) is 3.93. The number of carbonyl (C=O) groups is 1. The van der Waals surface area contributed by atoms with Gasteiger partial charge in [0.05, 0.1) is 12.4 Å². The van der Waals surface area contributed by atoms with Crippen LogP contribution in [0.5, 0.6) is 0 Å². The minimum Gasteiger partial charge on any atom is -0.399 e. The summed E-state index contributed by atoms with van der Waals surface area (Å²) in [5.41, 5.74) is 11.1. The minimum absolute atomic E-state index is 0. The molecule has 136 valence electrons. The van der Waals surface area contributed by atoms with Gasteiger partial charge in [0.25, 0.3) is 0 Å². The second-order valence-electron chi connectivity index (χ2n) is 6.25. The number of hydrogen-bond acceptors (Lipinski definition) is 3. The molecule has 0 unspecified atom stereocenters. The number of benzene rings is 2. The second kappa shape index (κ2) is 9.09. The fourth-order valence-corrected chi connectivity index (χ4v) is 3.18. The van der Waals surface area contributed by atoms with Crippen molar-refractivity contribution in [3.8, 4) is 0 Å². The zero-order chi connectivity index (χ0) is 16.4. The van der Waals surface area contributed by atoms with Gasteiger partial charge in [0, 0.05) is 25.2 Å². The summed E-state index contributed by atoms with van der Waals surface area (Å²) in [6, 6.07) is 14.1. The molecule has 3 rings (SSSR count). The van der Waals surface area contributed by atoms with Crippen molar-refractivity contribution in [3.05, 3.63) is 59.2 Å². The van der Waals surface area contributed by atoms with Crippen molar-refractivity contribution >= 4 is 42.1 Å². The van der Waals surface area contributed by atoms with Crippen LogP contribution in [0.2, 0.25) is 0 Å². The molecule has 1 aliphatic heterocycles. The van der Waals surface area contributed by atoms with Gasteiger partial charge < -0.3 is 5.73 Å². The van der Waals surface area contributed by atoms with Crippen molar-refractivity contribution in [2.24, 2.45) is 0 Å². The van der Waals surface area contributed by atoms with Crippen LogP contribution >= 0.6 is 24.8 Å². The molecule has 0 atom stereocenters. The van der Waals surface area contributed by atoms with Crippen LogP contribution in [-0.4, -0.2) is 24.0 Å². The lowest BCUT2D eigenvalue weighted by Crippen LogP contribution is -2.48. The van der Waals surface area contributed by atoms with Crippen LogP contribution in [0, 0.1) is 13.8 Å². The highest BCUT2D eigenvalue weighted by Gasteiger charge is 2.26. The molecule has 2 aromatic carbocycles. The van der Waals surface area contributed by atoms with Crippen LogP contribution in [0.1, 0.15) is 23.1 Å². The maximum Gasteiger partial charge on any atom is 0.229 e. The van der Waals surface area contributed by atoms with Crippen molar-refractivity contribution in [2.75, 3.05) is 23.8 Å². The lowest BCUT2D eigenvalue weighted by atomic mass is 10.1. The van der Waals surface area contributed by atoms with E-state index < -0.39 is 0 Å². The number of para-hydroxylation sites is 1. The molecule has 1 fully saturated rings. The Labute approximate surface area is 161 Å². The van der Waals surface area contributed by atoms with E-state index in [9.17, 15) is 4.79 Å². The summed E-state index contributed by atoms with van der Waals surface area (Å²) in [4.78, 5) is 16.7. The number of hydrogen-bond donors (Lipinski definition) is 1. The van der Waals surface area contributed by atoms with Crippen LogP contribution in [0.15, 0.2) is 42.5 Å². The monoisotopic (exact) mass is 381 g/mol. The molecule has 0 aliphatic carbocycles. The first-order valence-electron chi connectivity index (χ1n) is 7.98. The number of nitrogen functional groups attached to an aromatic ring is 1. The van der Waals surface area contributed by atoms with E-state index in [1.54, 1.807) is 0 Å². The standard InChI is InChI=1S/C19H23N3O.2ClH/c1-14-4-3-5-15(2)19(14)22-13-21(11-10-18(22)23)12-16-6-8-17(20)9-7-16;;/h3-9H,10-13,20H2,1-2H3;2*1H. The van der Waals surface area contributed by atoms with Gasteiger partial charge in [-0.05, 0) is 42.7 Å². The number of nitrogens with zero attached hydrogens (tertiary/aromatic N) is 2. The Bertz CT molecular complexity index is 699. The Kier molecular flexibility index (Phi) is 7.74. The summed E-state index contributed by atoms with van der Waals surface area (Å²) in [5, 5.41) is 0. The van der Waals surface area contributed by atoms with Gasteiger partial charge in [-0.25, -0.2) is 0 Å². The number of anilines is 2. The first-order valence-corrected chi connectivity index (χ1v) is 7.98. The Balaban J connectivity index is 0.00000156. The molecule has 2 aromatic rings. The van der Waals surface area contributed by atoms with Crippen molar-refractivity contribution in [1.82, 2.24) is 4.90 Å². The molecule has 1 amide bonds. The average Bonchev–Trinajstić information content (AvgIpc) is 2.52. The third-order valence-electron chi connectivity index (χ3n) is 4.38. The lowest BCUT2D eigenvalue weighted by Gasteiger charge is -2.37. The molecule has 4 nitrogen and oxygen atoms in total. The zero-order valence-corrected chi connectivity index (χ0v) is 16.2. The van der Waals surface area contributed by atoms with Gasteiger partial charge in [0.1, 0.15) is 0 Å². The normalized spacial score (nSPS) is 14.6. The molecule has 0 saturated carbocycles. The molecule has 0 bridgehead atoms. The number of nitrogens with two attached hydrogens (primary N) is 1. The summed E-state index contributed by atoms with van der Waals surface area (Å²) in [5.74, 6) is 0.205. The van der Waals surface area contributed by atoms with Crippen molar-refractivity contribution in [1.29, 1.82) is 0 Å². The number of amides is 1. The molecule has 1 heterocycles. The van der Waals surface area contributed by atoms with Crippen LogP contribution in [0.3, 0.4) is 0 Å². The number of carbonyl (C=O) groups excluding carboxylic acids is 1. The van der Waals surface area contributed by atoms with E-state index in [4.69, 9.17) is 5.73 Å². The first-order chi connectivity index (χ1) is 11.0. The highest BCUT2D eigenvalue weighted by molar-refractivity contribution is 5.95. The van der Waals surface area contributed by atoms with Gasteiger partial charge >= 0.3 is 0 Å². The molecular formula is C19H25Cl2N3O. The summed E-state index contributed by atoms with van der Waals surface area (Å²) in [7, 11) is 0. The van der Waals surface area contributed by atoms with Crippen molar-refractivity contribution < 1.29 is 4.79 Å². The largest absolute Gasteiger partial charge is 0.399 e. The second-order valence-corrected chi connectivity index (χ2v) is 6.25.